The second-order valence-electron chi connectivity index (χ2n) is 2.81. The van der Waals surface area contributed by atoms with Gasteiger partial charge in [0, 0.05) is 0 Å². The summed E-state index contributed by atoms with van der Waals surface area (Å²) in [5.41, 5.74) is 1.42. The van der Waals surface area contributed by atoms with Crippen LogP contribution in [0.1, 0.15) is 20.3 Å². The molecule has 12 heavy (non-hydrogen) atoms. The smallest absolute Gasteiger partial charge is 1.00 e. The first kappa shape index (κ1) is 15.3. The molecule has 0 amide bonds. The van der Waals surface area contributed by atoms with Crippen LogP contribution in [0.3, 0.4) is 0 Å². The molecule has 0 bridgehead atoms. The summed E-state index contributed by atoms with van der Waals surface area (Å²) in [5, 5.41) is 0. The van der Waals surface area contributed by atoms with Gasteiger partial charge in [-0.15, -0.1) is 17.8 Å². The van der Waals surface area contributed by atoms with Gasteiger partial charge in [0.2, 0.25) is 0 Å². The Morgan fingerprint density at radius 1 is 1.50 bits per heavy atom. The Labute approximate surface area is 106 Å². The first-order valence-electron chi connectivity index (χ1n) is 3.52. The van der Waals surface area contributed by atoms with Gasteiger partial charge in [-0.2, -0.15) is 0 Å². The van der Waals surface area contributed by atoms with E-state index in [1.54, 1.807) is 0 Å². The summed E-state index contributed by atoms with van der Waals surface area (Å²) < 4.78 is 0. The van der Waals surface area contributed by atoms with E-state index < -0.39 is 0 Å². The second kappa shape index (κ2) is 7.24. The molecule has 0 aliphatic heterocycles. The van der Waals surface area contributed by atoms with Crippen molar-refractivity contribution in [1.29, 1.82) is 0 Å². The summed E-state index contributed by atoms with van der Waals surface area (Å²) in [7, 11) is 0. The third-order valence-corrected chi connectivity index (χ3v) is 1.91. The Kier molecular flexibility index (Phi) is 9.23. The average molecular weight is 255 g/mol. The summed E-state index contributed by atoms with van der Waals surface area (Å²) in [4.78, 5) is 0.936. The van der Waals surface area contributed by atoms with Crippen LogP contribution >= 0.6 is 12.2 Å². The van der Waals surface area contributed by atoms with E-state index in [0.29, 0.717) is 5.92 Å². The van der Waals surface area contributed by atoms with Gasteiger partial charge in [-0.05, 0) is 12.3 Å². The van der Waals surface area contributed by atoms with E-state index in [0.717, 1.165) is 11.3 Å². The Hall–Kier alpha value is 0.816. The van der Waals surface area contributed by atoms with Gasteiger partial charge in [0.1, 0.15) is 0 Å². The Bertz CT molecular complexity index is 207. The quantitative estimate of drug-likeness (QED) is 0.340. The van der Waals surface area contributed by atoms with Gasteiger partial charge >= 0.3 is 23.1 Å². The molecule has 62 valence electrons. The van der Waals surface area contributed by atoms with Gasteiger partial charge in [-0.3, -0.25) is 0 Å². The predicted octanol–water partition coefficient (Wildman–Crippen LogP) is -0.675. The Balaban J connectivity index is 0. The maximum Gasteiger partial charge on any atom is 2.00 e. The number of thiocarbonyl (C=S) groups is 1. The van der Waals surface area contributed by atoms with Gasteiger partial charge in [0.15, 0.2) is 0 Å². The summed E-state index contributed by atoms with van der Waals surface area (Å²) in [6.07, 6.45) is 7.96. The molecule has 0 nitrogen and oxygen atoms in total. The first-order valence-corrected chi connectivity index (χ1v) is 3.92. The Morgan fingerprint density at radius 2 is 2.08 bits per heavy atom. The van der Waals surface area contributed by atoms with Crippen LogP contribution in [0.15, 0.2) is 17.7 Å². The largest absolute Gasteiger partial charge is 2.00 e. The first-order chi connectivity index (χ1) is 4.70. The summed E-state index contributed by atoms with van der Waals surface area (Å²) in [6.45, 7) is 4.38. The standard InChI is InChI=1S/C9H11S.BrH.Mg/c1-7(2)8-4-3-5-9(10)6-8;;/h3-4,7H,6H2,1-2H3;1H;/q-1;;+2/p-1. The molecular weight excluding hydrogens is 244 g/mol. The van der Waals surface area contributed by atoms with Crippen LogP contribution in [0.25, 0.3) is 0 Å². The molecule has 1 aliphatic carbocycles. The van der Waals surface area contributed by atoms with E-state index in [2.05, 4.69) is 26.0 Å². The molecule has 0 atom stereocenters. The molecule has 1 rings (SSSR count). The molecular formula is C9H11BrMgS. The molecule has 0 saturated heterocycles. The summed E-state index contributed by atoms with van der Waals surface area (Å²) in [5.74, 6) is 0.622. The molecule has 0 unspecified atom stereocenters. The molecule has 0 spiro atoms. The van der Waals surface area contributed by atoms with Gasteiger partial charge in [-0.1, -0.05) is 18.7 Å². The molecule has 0 aromatic rings. The minimum atomic E-state index is 0. The number of halogens is 1. The van der Waals surface area contributed by atoms with Crippen molar-refractivity contribution in [3.63, 3.8) is 0 Å². The fraction of sp³-hybridized carbons (Fsp3) is 0.444. The molecule has 0 N–H and O–H groups in total. The van der Waals surface area contributed by atoms with Gasteiger partial charge < -0.3 is 17.0 Å². The SMILES string of the molecule is CC(C)C1=CC=[C-]C(=S)C1.[Br-].[Mg+2]. The van der Waals surface area contributed by atoms with E-state index >= 15 is 0 Å². The van der Waals surface area contributed by atoms with Crippen LogP contribution in [0.2, 0.25) is 0 Å². The number of allylic oxidation sites excluding steroid dienone is 4. The third-order valence-electron chi connectivity index (χ3n) is 1.65. The third kappa shape index (κ3) is 4.75. The van der Waals surface area contributed by atoms with Crippen molar-refractivity contribution in [1.82, 2.24) is 0 Å². The van der Waals surface area contributed by atoms with Crippen molar-refractivity contribution in [3.8, 4) is 0 Å². The van der Waals surface area contributed by atoms with E-state index in [4.69, 9.17) is 12.2 Å². The van der Waals surface area contributed by atoms with Crippen LogP contribution in [0.4, 0.5) is 0 Å². The van der Waals surface area contributed by atoms with Crippen LogP contribution in [-0.4, -0.2) is 27.9 Å². The van der Waals surface area contributed by atoms with Crippen molar-refractivity contribution in [2.75, 3.05) is 0 Å². The van der Waals surface area contributed by atoms with E-state index in [1.165, 1.54) is 5.57 Å². The zero-order valence-electron chi connectivity index (χ0n) is 7.43. The molecule has 3 heteroatoms. The maximum absolute atomic E-state index is 5.02. The number of hydrogen-bond donors (Lipinski definition) is 0. The van der Waals surface area contributed by atoms with Gasteiger partial charge in [0.25, 0.3) is 0 Å². The fourth-order valence-electron chi connectivity index (χ4n) is 0.934. The van der Waals surface area contributed by atoms with E-state index in [1.807, 2.05) is 6.08 Å². The zero-order valence-corrected chi connectivity index (χ0v) is 11.2. The van der Waals surface area contributed by atoms with Crippen molar-refractivity contribution in [3.05, 3.63) is 23.8 Å². The summed E-state index contributed by atoms with van der Waals surface area (Å²) >= 11 is 5.02. The molecule has 0 fully saturated rings. The molecule has 0 radical (unpaired) electrons. The second-order valence-corrected chi connectivity index (χ2v) is 3.30. The van der Waals surface area contributed by atoms with E-state index in [-0.39, 0.29) is 40.0 Å². The van der Waals surface area contributed by atoms with Gasteiger partial charge in [-0.25, -0.2) is 18.2 Å². The predicted molar refractivity (Wildman–Crippen MR) is 53.7 cm³/mol. The molecule has 0 saturated carbocycles. The molecule has 0 aromatic carbocycles. The van der Waals surface area contributed by atoms with Crippen molar-refractivity contribution >= 4 is 40.1 Å². The van der Waals surface area contributed by atoms with Crippen molar-refractivity contribution in [2.45, 2.75) is 20.3 Å². The maximum atomic E-state index is 5.02. The zero-order chi connectivity index (χ0) is 7.56. The monoisotopic (exact) mass is 254 g/mol. The number of hydrogen-bond acceptors (Lipinski definition) is 1. The van der Waals surface area contributed by atoms with Gasteiger partial charge in [0.05, 0.1) is 0 Å². The van der Waals surface area contributed by atoms with Crippen LogP contribution in [-0.2, 0) is 0 Å². The van der Waals surface area contributed by atoms with Crippen LogP contribution < -0.4 is 17.0 Å². The minimum Gasteiger partial charge on any atom is -1.00 e. The number of rotatable bonds is 1. The van der Waals surface area contributed by atoms with Crippen molar-refractivity contribution in [2.24, 2.45) is 5.92 Å². The molecule has 0 aromatic heterocycles. The Morgan fingerprint density at radius 3 is 2.42 bits per heavy atom. The molecule has 1 aliphatic rings. The van der Waals surface area contributed by atoms with Crippen molar-refractivity contribution < 1.29 is 17.0 Å². The van der Waals surface area contributed by atoms with E-state index in [9.17, 15) is 0 Å². The normalized spacial score (nSPS) is 14.9. The van der Waals surface area contributed by atoms with Crippen LogP contribution in [0.5, 0.6) is 0 Å². The topological polar surface area (TPSA) is 0 Å². The minimum absolute atomic E-state index is 0. The molecule has 0 heterocycles. The summed E-state index contributed by atoms with van der Waals surface area (Å²) in [6, 6.07) is 0. The van der Waals surface area contributed by atoms with Crippen LogP contribution in [0, 0.1) is 12.0 Å². The average Bonchev–Trinajstić information content (AvgIpc) is 1.88. The fourth-order valence-corrected chi connectivity index (χ4v) is 1.17.